The summed E-state index contributed by atoms with van der Waals surface area (Å²) in [6, 6.07) is 7.31. The minimum absolute atomic E-state index is 0.394. The summed E-state index contributed by atoms with van der Waals surface area (Å²) in [5.41, 5.74) is 1.17. The summed E-state index contributed by atoms with van der Waals surface area (Å²) in [6.07, 6.45) is 7.65. The topological polar surface area (TPSA) is 24.9 Å². The van der Waals surface area contributed by atoms with Gasteiger partial charge < -0.3 is 5.32 Å². The first-order valence-electron chi connectivity index (χ1n) is 6.50. The van der Waals surface area contributed by atoms with E-state index >= 15 is 0 Å². The molecule has 1 heterocycles. The molecule has 0 aromatic carbocycles. The maximum absolute atomic E-state index is 4.42. The van der Waals surface area contributed by atoms with Gasteiger partial charge in [0.15, 0.2) is 0 Å². The van der Waals surface area contributed by atoms with Crippen LogP contribution >= 0.6 is 0 Å². The third kappa shape index (κ3) is 1.86. The van der Waals surface area contributed by atoms with Gasteiger partial charge in [0.05, 0.1) is 5.69 Å². The fraction of sp³-hybridized carbons (Fsp3) is 0.643. The van der Waals surface area contributed by atoms with E-state index in [9.17, 15) is 0 Å². The molecule has 0 amide bonds. The normalized spacial score (nSPS) is 34.2. The number of fused-ring (bicyclic) bond motifs is 2. The van der Waals surface area contributed by atoms with E-state index in [0.717, 1.165) is 17.9 Å². The highest BCUT2D eigenvalue weighted by Crippen LogP contribution is 2.44. The Balaban J connectivity index is 1.63. The molecule has 2 nitrogen and oxygen atoms in total. The van der Waals surface area contributed by atoms with Gasteiger partial charge in [-0.05, 0) is 50.2 Å². The molecule has 2 aliphatic carbocycles. The van der Waals surface area contributed by atoms with Gasteiger partial charge in [-0.15, -0.1) is 0 Å². The van der Waals surface area contributed by atoms with E-state index in [0.29, 0.717) is 6.04 Å². The second-order valence-electron chi connectivity index (χ2n) is 5.42. The molecule has 1 N–H and O–H groups in total. The van der Waals surface area contributed by atoms with Crippen LogP contribution in [-0.4, -0.2) is 11.0 Å². The van der Waals surface area contributed by atoms with Gasteiger partial charge in [-0.25, -0.2) is 0 Å². The van der Waals surface area contributed by atoms with Crippen LogP contribution in [-0.2, 0) is 0 Å². The summed E-state index contributed by atoms with van der Waals surface area (Å²) in [5, 5.41) is 3.76. The maximum Gasteiger partial charge on any atom is 0.0570 e. The van der Waals surface area contributed by atoms with Gasteiger partial charge in [-0.2, -0.15) is 0 Å². The molecule has 1 aromatic rings. The average molecular weight is 216 g/mol. The Morgan fingerprint density at radius 1 is 1.31 bits per heavy atom. The fourth-order valence-corrected chi connectivity index (χ4v) is 3.49. The van der Waals surface area contributed by atoms with Gasteiger partial charge in [0.1, 0.15) is 0 Å². The van der Waals surface area contributed by atoms with Gasteiger partial charge >= 0.3 is 0 Å². The molecule has 86 valence electrons. The Morgan fingerprint density at radius 3 is 2.88 bits per heavy atom. The van der Waals surface area contributed by atoms with Crippen molar-refractivity contribution in [3.63, 3.8) is 0 Å². The number of aromatic nitrogens is 1. The van der Waals surface area contributed by atoms with Gasteiger partial charge in [-0.3, -0.25) is 4.98 Å². The van der Waals surface area contributed by atoms with E-state index in [1.165, 1.54) is 31.4 Å². The third-order valence-electron chi connectivity index (χ3n) is 4.33. The van der Waals surface area contributed by atoms with Crippen molar-refractivity contribution in [1.29, 1.82) is 0 Å². The van der Waals surface area contributed by atoms with Gasteiger partial charge in [-0.1, -0.05) is 12.5 Å². The van der Waals surface area contributed by atoms with Gasteiger partial charge in [0.25, 0.3) is 0 Å². The average Bonchev–Trinajstić information content (AvgIpc) is 2.92. The van der Waals surface area contributed by atoms with Crippen molar-refractivity contribution in [2.45, 2.75) is 44.7 Å². The van der Waals surface area contributed by atoms with Crippen molar-refractivity contribution < 1.29 is 0 Å². The standard InChI is InChI=1S/C14H20N2/c1-10(13-4-2-3-7-15-13)16-14-9-11-5-6-12(14)8-11/h2-4,7,10-12,14,16H,5-6,8-9H2,1H3. The highest BCUT2D eigenvalue weighted by atomic mass is 15.0. The number of nitrogens with zero attached hydrogens (tertiary/aromatic N) is 1. The SMILES string of the molecule is CC(NC1CC2CCC1C2)c1ccccn1. The van der Waals surface area contributed by atoms with E-state index in [1.54, 1.807) is 0 Å². The number of hydrogen-bond donors (Lipinski definition) is 1. The molecule has 4 atom stereocenters. The van der Waals surface area contributed by atoms with Crippen molar-refractivity contribution in [3.8, 4) is 0 Å². The van der Waals surface area contributed by atoms with E-state index < -0.39 is 0 Å². The Bertz CT molecular complexity index is 349. The van der Waals surface area contributed by atoms with Crippen LogP contribution in [0.25, 0.3) is 0 Å². The molecule has 2 bridgehead atoms. The van der Waals surface area contributed by atoms with Crippen LogP contribution < -0.4 is 5.32 Å². The van der Waals surface area contributed by atoms with E-state index in [2.05, 4.69) is 29.4 Å². The molecule has 2 fully saturated rings. The molecule has 0 spiro atoms. The highest BCUT2D eigenvalue weighted by Gasteiger charge is 2.39. The van der Waals surface area contributed by atoms with Crippen LogP contribution in [0.15, 0.2) is 24.4 Å². The predicted octanol–water partition coefficient (Wildman–Crippen LogP) is 2.92. The van der Waals surface area contributed by atoms with Crippen molar-refractivity contribution in [3.05, 3.63) is 30.1 Å². The predicted molar refractivity (Wildman–Crippen MR) is 65.0 cm³/mol. The number of hydrogen-bond acceptors (Lipinski definition) is 2. The monoisotopic (exact) mass is 216 g/mol. The smallest absolute Gasteiger partial charge is 0.0570 e. The zero-order valence-electron chi connectivity index (χ0n) is 9.89. The minimum atomic E-state index is 0.394. The zero-order chi connectivity index (χ0) is 11.0. The van der Waals surface area contributed by atoms with Crippen molar-refractivity contribution in [2.75, 3.05) is 0 Å². The molecule has 4 unspecified atom stereocenters. The third-order valence-corrected chi connectivity index (χ3v) is 4.33. The fourth-order valence-electron chi connectivity index (χ4n) is 3.49. The summed E-state index contributed by atoms with van der Waals surface area (Å²) in [4.78, 5) is 4.42. The Kier molecular flexibility index (Phi) is 2.68. The summed E-state index contributed by atoms with van der Waals surface area (Å²) in [5.74, 6) is 1.95. The van der Waals surface area contributed by atoms with Crippen molar-refractivity contribution in [1.82, 2.24) is 10.3 Å². The first-order valence-corrected chi connectivity index (χ1v) is 6.50. The summed E-state index contributed by atoms with van der Waals surface area (Å²) >= 11 is 0. The Morgan fingerprint density at radius 2 is 2.25 bits per heavy atom. The minimum Gasteiger partial charge on any atom is -0.306 e. The Hall–Kier alpha value is -0.890. The first kappa shape index (κ1) is 10.3. The molecule has 1 aromatic heterocycles. The summed E-state index contributed by atoms with van der Waals surface area (Å²) in [7, 11) is 0. The quantitative estimate of drug-likeness (QED) is 0.840. The molecular weight excluding hydrogens is 196 g/mol. The molecule has 0 saturated heterocycles. The lowest BCUT2D eigenvalue weighted by Gasteiger charge is -2.26. The molecule has 0 aliphatic heterocycles. The molecule has 0 radical (unpaired) electrons. The van der Waals surface area contributed by atoms with Crippen LogP contribution in [0.3, 0.4) is 0 Å². The van der Waals surface area contributed by atoms with Crippen molar-refractivity contribution >= 4 is 0 Å². The van der Waals surface area contributed by atoms with Gasteiger partial charge in [0, 0.05) is 18.3 Å². The highest BCUT2D eigenvalue weighted by molar-refractivity contribution is 5.08. The second-order valence-corrected chi connectivity index (χ2v) is 5.42. The second kappa shape index (κ2) is 4.17. The summed E-state index contributed by atoms with van der Waals surface area (Å²) < 4.78 is 0. The van der Waals surface area contributed by atoms with E-state index in [4.69, 9.17) is 0 Å². The molecule has 16 heavy (non-hydrogen) atoms. The molecule has 3 rings (SSSR count). The van der Waals surface area contributed by atoms with Crippen LogP contribution in [0.2, 0.25) is 0 Å². The molecular formula is C14H20N2. The zero-order valence-corrected chi connectivity index (χ0v) is 9.89. The van der Waals surface area contributed by atoms with E-state index in [1.807, 2.05) is 12.3 Å². The van der Waals surface area contributed by atoms with Gasteiger partial charge in [0.2, 0.25) is 0 Å². The largest absolute Gasteiger partial charge is 0.306 e. The van der Waals surface area contributed by atoms with Crippen LogP contribution in [0.4, 0.5) is 0 Å². The maximum atomic E-state index is 4.42. The summed E-state index contributed by atoms with van der Waals surface area (Å²) in [6.45, 7) is 2.23. The number of nitrogens with one attached hydrogen (secondary N) is 1. The van der Waals surface area contributed by atoms with Crippen LogP contribution in [0.5, 0.6) is 0 Å². The Labute approximate surface area is 97.5 Å². The molecule has 2 saturated carbocycles. The lowest BCUT2D eigenvalue weighted by molar-refractivity contribution is 0.325. The lowest BCUT2D eigenvalue weighted by Crippen LogP contribution is -2.36. The number of rotatable bonds is 3. The first-order chi connectivity index (χ1) is 7.83. The molecule has 2 heteroatoms. The van der Waals surface area contributed by atoms with Crippen molar-refractivity contribution in [2.24, 2.45) is 11.8 Å². The lowest BCUT2D eigenvalue weighted by atomic mass is 9.94. The molecule has 2 aliphatic rings. The van der Waals surface area contributed by atoms with Crippen LogP contribution in [0.1, 0.15) is 44.3 Å². The van der Waals surface area contributed by atoms with E-state index in [-0.39, 0.29) is 0 Å². The van der Waals surface area contributed by atoms with Crippen LogP contribution in [0, 0.1) is 11.8 Å². The number of pyridine rings is 1.